The summed E-state index contributed by atoms with van der Waals surface area (Å²) in [5.41, 5.74) is -1.90. The summed E-state index contributed by atoms with van der Waals surface area (Å²) < 4.78 is 57.8. The lowest BCUT2D eigenvalue weighted by molar-refractivity contribution is 0.556. The van der Waals surface area contributed by atoms with Gasteiger partial charge in [0.2, 0.25) is 0 Å². The van der Waals surface area contributed by atoms with Crippen molar-refractivity contribution in [2.24, 2.45) is 0 Å². The number of H-pyrrole nitrogens is 2. The summed E-state index contributed by atoms with van der Waals surface area (Å²) in [6, 6.07) is 10.8. The number of hydrogen-bond donors (Lipinski definition) is 3. The van der Waals surface area contributed by atoms with Crippen LogP contribution in [0.1, 0.15) is 0 Å². The highest BCUT2D eigenvalue weighted by atomic mass is 32.2. The molecule has 0 saturated carbocycles. The largest absolute Gasteiger partial charge is 0.363 e. The first-order valence-electron chi connectivity index (χ1n) is 10.9. The van der Waals surface area contributed by atoms with Gasteiger partial charge in [0.1, 0.15) is 11.5 Å². The number of pyridine rings is 1. The monoisotopic (exact) mass is 514 g/mol. The summed E-state index contributed by atoms with van der Waals surface area (Å²) in [4.78, 5) is 35.4. The molecule has 4 aromatic rings. The van der Waals surface area contributed by atoms with Gasteiger partial charge in [-0.05, 0) is 30.3 Å². The number of sulfonamides is 1. The SMILES string of the molecule is O=c1[nH]c(=O)c2cc(S(=O)(=O)Nc3cc(F)c(N4CCN(c5ccccn5)CC4)c(F)c3)ccc2[nH]1. The number of fused-ring (bicyclic) bond motifs is 1. The van der Waals surface area contributed by atoms with Gasteiger partial charge in [0.25, 0.3) is 15.6 Å². The maximum absolute atomic E-state index is 15.0. The zero-order valence-corrected chi connectivity index (χ0v) is 19.5. The third kappa shape index (κ3) is 4.52. The Morgan fingerprint density at radius 3 is 2.25 bits per heavy atom. The summed E-state index contributed by atoms with van der Waals surface area (Å²) in [6.45, 7) is 1.72. The molecule has 0 atom stereocenters. The van der Waals surface area contributed by atoms with Gasteiger partial charge in [-0.25, -0.2) is 27.0 Å². The van der Waals surface area contributed by atoms with Crippen LogP contribution in [-0.4, -0.2) is 49.5 Å². The predicted molar refractivity (Wildman–Crippen MR) is 131 cm³/mol. The van der Waals surface area contributed by atoms with E-state index in [1.807, 2.05) is 28.1 Å². The van der Waals surface area contributed by atoms with E-state index in [4.69, 9.17) is 0 Å². The van der Waals surface area contributed by atoms with Crippen LogP contribution in [0, 0.1) is 11.6 Å². The Morgan fingerprint density at radius 2 is 1.58 bits per heavy atom. The molecule has 0 aliphatic carbocycles. The number of aromatic amines is 2. The van der Waals surface area contributed by atoms with Gasteiger partial charge in [0, 0.05) is 44.5 Å². The molecular formula is C23H20F2N6O4S. The van der Waals surface area contributed by atoms with Gasteiger partial charge in [-0.2, -0.15) is 0 Å². The normalized spacial score (nSPS) is 14.3. The molecule has 13 heteroatoms. The minimum atomic E-state index is -4.30. The van der Waals surface area contributed by atoms with Crippen molar-refractivity contribution in [3.8, 4) is 0 Å². The fraction of sp³-hybridized carbons (Fsp3) is 0.174. The molecule has 1 saturated heterocycles. The average Bonchev–Trinajstić information content (AvgIpc) is 2.84. The molecule has 10 nitrogen and oxygen atoms in total. The second-order valence-corrected chi connectivity index (χ2v) is 9.85. The molecule has 2 aromatic heterocycles. The molecule has 3 heterocycles. The van der Waals surface area contributed by atoms with E-state index in [0.717, 1.165) is 24.0 Å². The molecule has 1 aliphatic heterocycles. The maximum atomic E-state index is 15.0. The summed E-state index contributed by atoms with van der Waals surface area (Å²) in [7, 11) is -4.30. The first-order valence-corrected chi connectivity index (χ1v) is 12.4. The van der Waals surface area contributed by atoms with Crippen LogP contribution in [0.25, 0.3) is 10.9 Å². The van der Waals surface area contributed by atoms with Crippen LogP contribution >= 0.6 is 0 Å². The number of aromatic nitrogens is 3. The van der Waals surface area contributed by atoms with Crippen LogP contribution in [0.3, 0.4) is 0 Å². The zero-order valence-electron chi connectivity index (χ0n) is 18.7. The van der Waals surface area contributed by atoms with Crippen molar-refractivity contribution in [3.63, 3.8) is 0 Å². The minimum absolute atomic E-state index is 0.0602. The second-order valence-electron chi connectivity index (χ2n) is 8.17. The van der Waals surface area contributed by atoms with E-state index >= 15 is 0 Å². The number of nitrogens with one attached hydrogen (secondary N) is 3. The highest BCUT2D eigenvalue weighted by molar-refractivity contribution is 7.92. The van der Waals surface area contributed by atoms with Crippen molar-refractivity contribution in [1.82, 2.24) is 15.0 Å². The quantitative estimate of drug-likeness (QED) is 0.371. The van der Waals surface area contributed by atoms with Crippen LogP contribution in [0.5, 0.6) is 0 Å². The minimum Gasteiger partial charge on any atom is -0.363 e. The molecule has 1 fully saturated rings. The van der Waals surface area contributed by atoms with Gasteiger partial charge >= 0.3 is 5.69 Å². The molecule has 0 amide bonds. The molecular weight excluding hydrogens is 494 g/mol. The number of benzene rings is 2. The summed E-state index contributed by atoms with van der Waals surface area (Å²) in [5, 5.41) is -0.0602. The number of anilines is 3. The van der Waals surface area contributed by atoms with Crippen LogP contribution in [0.15, 0.2) is 69.2 Å². The lowest BCUT2D eigenvalue weighted by Gasteiger charge is -2.37. The van der Waals surface area contributed by atoms with Gasteiger partial charge in [-0.15, -0.1) is 0 Å². The van der Waals surface area contributed by atoms with E-state index in [1.54, 1.807) is 11.1 Å². The lowest BCUT2D eigenvalue weighted by Crippen LogP contribution is -2.47. The number of rotatable bonds is 5. The van der Waals surface area contributed by atoms with Gasteiger partial charge in [-0.1, -0.05) is 6.07 Å². The van der Waals surface area contributed by atoms with Crippen molar-refractivity contribution >= 4 is 38.1 Å². The Bertz CT molecular complexity index is 1640. The highest BCUT2D eigenvalue weighted by Crippen LogP contribution is 2.30. The smallest absolute Gasteiger partial charge is 0.326 e. The molecule has 5 rings (SSSR count). The number of hydrogen-bond acceptors (Lipinski definition) is 7. The topological polar surface area (TPSA) is 131 Å². The molecule has 186 valence electrons. The Balaban J connectivity index is 1.36. The number of piperazine rings is 1. The Labute approximate surface area is 203 Å². The van der Waals surface area contributed by atoms with E-state index < -0.39 is 32.9 Å². The van der Waals surface area contributed by atoms with E-state index in [1.165, 1.54) is 12.1 Å². The molecule has 0 bridgehead atoms. The zero-order chi connectivity index (χ0) is 25.4. The molecule has 0 unspecified atom stereocenters. The number of halogens is 2. The first-order chi connectivity index (χ1) is 17.2. The average molecular weight is 515 g/mol. The molecule has 0 radical (unpaired) electrons. The Morgan fingerprint density at radius 1 is 0.889 bits per heavy atom. The van der Waals surface area contributed by atoms with Crippen molar-refractivity contribution < 1.29 is 17.2 Å². The van der Waals surface area contributed by atoms with Crippen LogP contribution < -0.4 is 25.8 Å². The van der Waals surface area contributed by atoms with E-state index in [0.29, 0.717) is 26.2 Å². The Hall–Kier alpha value is -4.26. The fourth-order valence-electron chi connectivity index (χ4n) is 4.15. The predicted octanol–water partition coefficient (Wildman–Crippen LogP) is 2.02. The maximum Gasteiger partial charge on any atom is 0.326 e. The van der Waals surface area contributed by atoms with Gasteiger partial charge < -0.3 is 14.8 Å². The van der Waals surface area contributed by atoms with Crippen molar-refractivity contribution in [3.05, 3.63) is 87.2 Å². The summed E-state index contributed by atoms with van der Waals surface area (Å²) >= 11 is 0. The molecule has 2 aromatic carbocycles. The lowest BCUT2D eigenvalue weighted by atomic mass is 10.2. The van der Waals surface area contributed by atoms with Crippen LogP contribution in [0.4, 0.5) is 26.0 Å². The summed E-state index contributed by atoms with van der Waals surface area (Å²) in [6.07, 6.45) is 1.68. The van der Waals surface area contributed by atoms with Crippen molar-refractivity contribution in [1.29, 1.82) is 0 Å². The molecule has 36 heavy (non-hydrogen) atoms. The van der Waals surface area contributed by atoms with Crippen molar-refractivity contribution in [2.45, 2.75) is 4.90 Å². The van der Waals surface area contributed by atoms with E-state index in [9.17, 15) is 26.8 Å². The number of nitrogens with zero attached hydrogens (tertiary/aromatic N) is 3. The highest BCUT2D eigenvalue weighted by Gasteiger charge is 2.25. The third-order valence-electron chi connectivity index (χ3n) is 5.86. The second kappa shape index (κ2) is 9.07. The molecule has 1 aliphatic rings. The van der Waals surface area contributed by atoms with Crippen LogP contribution in [0.2, 0.25) is 0 Å². The molecule has 3 N–H and O–H groups in total. The van der Waals surface area contributed by atoms with Crippen LogP contribution in [-0.2, 0) is 10.0 Å². The standard InChI is InChI=1S/C23H20F2N6O4S/c24-17-11-14(29-36(34,35)15-4-5-19-16(13-15)22(32)28-23(33)27-19)12-18(25)21(17)31-9-7-30(8-10-31)20-3-1-2-6-26-20/h1-6,11-13,29H,7-10H2,(H2,27,28,32,33). The third-order valence-corrected chi connectivity index (χ3v) is 7.24. The molecule has 0 spiro atoms. The van der Waals surface area contributed by atoms with Gasteiger partial charge in [0.05, 0.1) is 21.5 Å². The van der Waals surface area contributed by atoms with E-state index in [-0.39, 0.29) is 27.2 Å². The Kier molecular flexibility index (Phi) is 5.92. The van der Waals surface area contributed by atoms with Crippen molar-refractivity contribution in [2.75, 3.05) is 40.7 Å². The first kappa shape index (κ1) is 23.5. The van der Waals surface area contributed by atoms with Gasteiger partial charge in [0.15, 0.2) is 11.6 Å². The summed E-state index contributed by atoms with van der Waals surface area (Å²) in [5.74, 6) is -1.04. The van der Waals surface area contributed by atoms with Gasteiger partial charge in [-0.3, -0.25) is 14.5 Å². The fourth-order valence-corrected chi connectivity index (χ4v) is 5.22. The van der Waals surface area contributed by atoms with E-state index in [2.05, 4.69) is 14.7 Å².